The van der Waals surface area contributed by atoms with Crippen LogP contribution in [0.4, 0.5) is 0 Å². The molecule has 6 heteroatoms. The Hall–Kier alpha value is -1.21. The fourth-order valence-corrected chi connectivity index (χ4v) is 8.70. The highest BCUT2D eigenvalue weighted by Gasteiger charge is 2.63. The molecule has 0 aromatic heterocycles. The van der Waals surface area contributed by atoms with E-state index in [1.54, 1.807) is 23.5 Å². The first-order valence-corrected chi connectivity index (χ1v) is 16.0. The number of benzene rings is 2. The summed E-state index contributed by atoms with van der Waals surface area (Å²) >= 11 is 3.26. The number of hydrogen-bond acceptors (Lipinski definition) is 5. The average molecular weight is 487 g/mol. The van der Waals surface area contributed by atoms with Gasteiger partial charge in [0.25, 0.3) is 0 Å². The Labute approximate surface area is 202 Å². The summed E-state index contributed by atoms with van der Waals surface area (Å²) in [4.78, 5) is 15.8. The Balaban J connectivity index is 1.67. The molecule has 2 aliphatic rings. The van der Waals surface area contributed by atoms with Crippen molar-refractivity contribution in [3.8, 4) is 0 Å². The molecule has 0 amide bonds. The smallest absolute Gasteiger partial charge is 0.334 e. The van der Waals surface area contributed by atoms with Crippen LogP contribution < -0.4 is 0 Å². The molecule has 0 radical (unpaired) electrons. The maximum Gasteiger partial charge on any atom is 0.334 e. The van der Waals surface area contributed by atoms with Crippen LogP contribution in [0.2, 0.25) is 18.1 Å². The number of thioether (sulfide) groups is 2. The van der Waals surface area contributed by atoms with E-state index in [0.717, 1.165) is 29.1 Å². The van der Waals surface area contributed by atoms with Gasteiger partial charge < -0.3 is 9.16 Å². The molecule has 1 saturated heterocycles. The van der Waals surface area contributed by atoms with Crippen LogP contribution in [0.25, 0.3) is 0 Å². The van der Waals surface area contributed by atoms with Gasteiger partial charge in [0, 0.05) is 16.2 Å². The zero-order valence-corrected chi connectivity index (χ0v) is 22.4. The number of ether oxygens (including phenoxy) is 1. The Bertz CT molecular complexity index is 901. The van der Waals surface area contributed by atoms with Crippen molar-refractivity contribution in [3.05, 3.63) is 60.7 Å². The lowest BCUT2D eigenvalue weighted by Crippen LogP contribution is -2.50. The summed E-state index contributed by atoms with van der Waals surface area (Å²) in [5, 5.41) is 0.119. The molecule has 2 fully saturated rings. The Morgan fingerprint density at radius 3 is 2.00 bits per heavy atom. The van der Waals surface area contributed by atoms with Crippen molar-refractivity contribution in [2.24, 2.45) is 0 Å². The van der Waals surface area contributed by atoms with E-state index in [9.17, 15) is 4.79 Å². The predicted molar refractivity (Wildman–Crippen MR) is 137 cm³/mol. The van der Waals surface area contributed by atoms with E-state index >= 15 is 0 Å². The maximum absolute atomic E-state index is 13.7. The second kappa shape index (κ2) is 8.86. The second-order valence-corrected chi connectivity index (χ2v) is 18.2. The van der Waals surface area contributed by atoms with Gasteiger partial charge in [-0.15, -0.1) is 0 Å². The third-order valence-electron chi connectivity index (χ3n) is 7.09. The van der Waals surface area contributed by atoms with Gasteiger partial charge in [-0.25, -0.2) is 4.79 Å². The topological polar surface area (TPSA) is 35.5 Å². The lowest BCUT2D eigenvalue weighted by molar-refractivity contribution is -0.154. The number of hydrogen-bond donors (Lipinski definition) is 0. The third-order valence-corrected chi connectivity index (χ3v) is 14.4. The number of rotatable bonds is 6. The summed E-state index contributed by atoms with van der Waals surface area (Å²) in [5.41, 5.74) is -0.532. The first-order valence-electron chi connectivity index (χ1n) is 11.4. The molecule has 2 aromatic carbocycles. The van der Waals surface area contributed by atoms with Crippen LogP contribution in [-0.2, 0) is 14.0 Å². The van der Waals surface area contributed by atoms with Gasteiger partial charge in [0.2, 0.25) is 0 Å². The SMILES string of the molecule is CC(C)(C)[Si](C)(C)O[C@@H]1CCC[C@]12CC(Sc1ccccc1)(Sc1ccccc1)C(=O)O2. The predicted octanol–water partition coefficient (Wildman–Crippen LogP) is 7.53. The summed E-state index contributed by atoms with van der Waals surface area (Å²) in [7, 11) is -1.99. The monoisotopic (exact) mass is 486 g/mol. The highest BCUT2D eigenvalue weighted by molar-refractivity contribution is 8.19. The van der Waals surface area contributed by atoms with Gasteiger partial charge in [0.1, 0.15) is 5.60 Å². The molecule has 1 saturated carbocycles. The highest BCUT2D eigenvalue weighted by Crippen LogP contribution is 2.59. The van der Waals surface area contributed by atoms with Crippen molar-refractivity contribution in [3.63, 3.8) is 0 Å². The minimum atomic E-state index is -1.99. The van der Waals surface area contributed by atoms with E-state index in [-0.39, 0.29) is 17.1 Å². The molecule has 3 nitrogen and oxygen atoms in total. The maximum atomic E-state index is 13.7. The molecule has 172 valence electrons. The van der Waals surface area contributed by atoms with E-state index in [2.05, 4.69) is 58.1 Å². The molecule has 0 bridgehead atoms. The van der Waals surface area contributed by atoms with Crippen molar-refractivity contribution in [2.75, 3.05) is 0 Å². The summed E-state index contributed by atoms with van der Waals surface area (Å²) in [6, 6.07) is 20.4. The van der Waals surface area contributed by atoms with Gasteiger partial charge in [-0.05, 0) is 61.7 Å². The number of carbonyl (C=O) groups is 1. The second-order valence-electron chi connectivity index (χ2n) is 10.5. The zero-order valence-electron chi connectivity index (χ0n) is 19.7. The van der Waals surface area contributed by atoms with Crippen molar-refractivity contribution < 1.29 is 14.0 Å². The van der Waals surface area contributed by atoms with Crippen LogP contribution in [0.15, 0.2) is 70.5 Å². The minimum Gasteiger partial charge on any atom is -0.455 e. The summed E-state index contributed by atoms with van der Waals surface area (Å²) in [5.74, 6) is -0.120. The molecule has 1 aliphatic heterocycles. The van der Waals surface area contributed by atoms with Crippen molar-refractivity contribution in [1.82, 2.24) is 0 Å². The number of esters is 1. The van der Waals surface area contributed by atoms with Crippen LogP contribution in [0.3, 0.4) is 0 Å². The van der Waals surface area contributed by atoms with Crippen LogP contribution in [0.5, 0.6) is 0 Å². The van der Waals surface area contributed by atoms with Crippen LogP contribution in [-0.4, -0.2) is 30.1 Å². The Morgan fingerprint density at radius 1 is 0.969 bits per heavy atom. The first-order chi connectivity index (χ1) is 15.1. The Kier molecular flexibility index (Phi) is 6.62. The largest absolute Gasteiger partial charge is 0.455 e. The molecule has 1 heterocycles. The number of carbonyl (C=O) groups excluding carboxylic acids is 1. The van der Waals surface area contributed by atoms with Gasteiger partial charge in [-0.3, -0.25) is 0 Å². The fraction of sp³-hybridized carbons (Fsp3) is 0.500. The van der Waals surface area contributed by atoms with Gasteiger partial charge in [0.05, 0.1) is 6.10 Å². The quantitative estimate of drug-likeness (QED) is 0.240. The lowest BCUT2D eigenvalue weighted by Gasteiger charge is -2.42. The van der Waals surface area contributed by atoms with Crippen molar-refractivity contribution in [1.29, 1.82) is 0 Å². The molecule has 4 rings (SSSR count). The molecule has 0 N–H and O–H groups in total. The summed E-state index contributed by atoms with van der Waals surface area (Å²) in [6.45, 7) is 11.4. The minimum absolute atomic E-state index is 0.0260. The third kappa shape index (κ3) is 4.70. The molecular weight excluding hydrogens is 453 g/mol. The molecule has 0 unspecified atom stereocenters. The average Bonchev–Trinajstić information content (AvgIpc) is 3.21. The van der Waals surface area contributed by atoms with E-state index < -0.39 is 18.0 Å². The van der Waals surface area contributed by atoms with Crippen molar-refractivity contribution in [2.45, 2.75) is 90.2 Å². The first kappa shape index (κ1) is 23.9. The molecule has 1 aliphatic carbocycles. The highest BCUT2D eigenvalue weighted by atomic mass is 32.2. The van der Waals surface area contributed by atoms with Crippen LogP contribution >= 0.6 is 23.5 Å². The van der Waals surface area contributed by atoms with E-state index in [4.69, 9.17) is 9.16 Å². The lowest BCUT2D eigenvalue weighted by atomic mass is 9.96. The van der Waals surface area contributed by atoms with Crippen molar-refractivity contribution >= 4 is 37.8 Å². The van der Waals surface area contributed by atoms with Gasteiger partial charge in [-0.2, -0.15) is 0 Å². The van der Waals surface area contributed by atoms with Crippen LogP contribution in [0.1, 0.15) is 46.5 Å². The van der Waals surface area contributed by atoms with E-state index in [1.165, 1.54) is 0 Å². The molecule has 2 aromatic rings. The standard InChI is InChI=1S/C26H34O3S2Si/c1-24(2,3)32(4,5)29-22-17-12-18-25(22)19-26(23(27)28-25,30-20-13-8-6-9-14-20)31-21-15-10-7-11-16-21/h6-11,13-16,22H,12,17-19H2,1-5H3/t22-,25+/m1/s1. The van der Waals surface area contributed by atoms with E-state index in [1.807, 2.05) is 36.4 Å². The van der Waals surface area contributed by atoms with Gasteiger partial charge >= 0.3 is 5.97 Å². The Morgan fingerprint density at radius 2 is 1.50 bits per heavy atom. The van der Waals surface area contributed by atoms with Gasteiger partial charge in [-0.1, -0.05) is 80.7 Å². The van der Waals surface area contributed by atoms with Crippen LogP contribution in [0, 0.1) is 0 Å². The van der Waals surface area contributed by atoms with E-state index in [0.29, 0.717) is 6.42 Å². The normalized spacial score (nSPS) is 25.3. The van der Waals surface area contributed by atoms with Gasteiger partial charge in [0.15, 0.2) is 12.4 Å². The summed E-state index contributed by atoms with van der Waals surface area (Å²) < 4.78 is 12.5. The molecule has 1 spiro atoms. The molecule has 32 heavy (non-hydrogen) atoms. The molecule has 2 atom stereocenters. The molecular formula is C26H34O3S2Si. The zero-order chi connectivity index (χ0) is 23.0. The fourth-order valence-electron chi connectivity index (χ4n) is 4.33. The summed E-state index contributed by atoms with van der Waals surface area (Å²) in [6.07, 6.45) is 3.51.